The molecule has 7 unspecified atom stereocenters. The van der Waals surface area contributed by atoms with Gasteiger partial charge in [-0.15, -0.1) is 0 Å². The number of ether oxygens (including phenoxy) is 1. The lowest BCUT2D eigenvalue weighted by Gasteiger charge is -2.54. The van der Waals surface area contributed by atoms with Gasteiger partial charge in [-0.2, -0.15) is 0 Å². The second kappa shape index (κ2) is 6.43. The number of carbonyl (C=O) groups is 2. The van der Waals surface area contributed by atoms with E-state index in [2.05, 4.69) is 27.7 Å². The van der Waals surface area contributed by atoms with Crippen LogP contribution in [0, 0.1) is 46.3 Å². The largest absolute Gasteiger partial charge is 0.481 e. The molecule has 3 saturated carbocycles. The van der Waals surface area contributed by atoms with E-state index in [0.717, 1.165) is 44.0 Å². The summed E-state index contributed by atoms with van der Waals surface area (Å²) in [5, 5.41) is 10.7. The predicted octanol–water partition coefficient (Wildman–Crippen LogP) is 4.34. The van der Waals surface area contributed by atoms with E-state index in [1.165, 1.54) is 5.57 Å². The molecule has 0 aromatic carbocycles. The lowest BCUT2D eigenvalue weighted by molar-refractivity contribution is -0.169. The molecule has 150 valence electrons. The van der Waals surface area contributed by atoms with Gasteiger partial charge in [-0.05, 0) is 72.3 Å². The Morgan fingerprint density at radius 3 is 2.67 bits per heavy atom. The molecule has 4 nitrogen and oxygen atoms in total. The van der Waals surface area contributed by atoms with Gasteiger partial charge in [0.25, 0.3) is 0 Å². The third kappa shape index (κ3) is 2.14. The molecule has 1 N–H and O–H groups in total. The van der Waals surface area contributed by atoms with E-state index in [-0.39, 0.29) is 23.7 Å². The van der Waals surface area contributed by atoms with Crippen molar-refractivity contribution in [1.82, 2.24) is 0 Å². The number of carboxylic acids is 1. The lowest BCUT2D eigenvalue weighted by atomic mass is 9.47. The van der Waals surface area contributed by atoms with Crippen molar-refractivity contribution in [3.63, 3.8) is 0 Å². The minimum Gasteiger partial charge on any atom is -0.481 e. The fourth-order valence-corrected chi connectivity index (χ4v) is 8.00. The number of aldehydes is 1. The Labute approximate surface area is 162 Å². The summed E-state index contributed by atoms with van der Waals surface area (Å²) in [6.07, 6.45) is 5.88. The maximum Gasteiger partial charge on any atom is 0.315 e. The Balaban J connectivity index is 1.88. The van der Waals surface area contributed by atoms with Crippen molar-refractivity contribution in [2.45, 2.75) is 59.8 Å². The molecule has 27 heavy (non-hydrogen) atoms. The van der Waals surface area contributed by atoms with E-state index in [1.54, 1.807) is 0 Å². The maximum atomic E-state index is 13.0. The van der Waals surface area contributed by atoms with Gasteiger partial charge in [-0.1, -0.05) is 34.1 Å². The molecule has 0 aromatic heterocycles. The fourth-order valence-electron chi connectivity index (χ4n) is 8.00. The number of aliphatic carboxylic acids is 1. The summed E-state index contributed by atoms with van der Waals surface area (Å²) < 4.78 is 5.92. The van der Waals surface area contributed by atoms with Crippen LogP contribution < -0.4 is 0 Å². The lowest BCUT2D eigenvalue weighted by Crippen LogP contribution is -2.58. The first-order valence-corrected chi connectivity index (χ1v) is 10.9. The molecule has 0 spiro atoms. The van der Waals surface area contributed by atoms with Crippen molar-refractivity contribution in [1.29, 1.82) is 0 Å². The average molecular weight is 375 g/mol. The van der Waals surface area contributed by atoms with Crippen molar-refractivity contribution >= 4 is 12.3 Å². The van der Waals surface area contributed by atoms with E-state index >= 15 is 0 Å². The molecule has 0 saturated heterocycles. The molecule has 4 heteroatoms. The topological polar surface area (TPSA) is 63.6 Å². The number of carboxylic acid groups (broad SMARTS) is 1. The summed E-state index contributed by atoms with van der Waals surface area (Å²) in [6, 6.07) is 0. The first kappa shape index (κ1) is 19.2. The summed E-state index contributed by atoms with van der Waals surface area (Å²) in [6.45, 7) is 9.83. The van der Waals surface area contributed by atoms with E-state index in [1.807, 2.05) is 0 Å². The molecular formula is C23H34O4. The summed E-state index contributed by atoms with van der Waals surface area (Å²) in [4.78, 5) is 25.7. The fraction of sp³-hybridized carbons (Fsp3) is 0.826. The number of hydrogen-bond acceptors (Lipinski definition) is 3. The normalized spacial score (nSPS) is 44.9. The van der Waals surface area contributed by atoms with Gasteiger partial charge in [0.2, 0.25) is 0 Å². The highest BCUT2D eigenvalue weighted by Gasteiger charge is 2.79. The molecule has 7 atom stereocenters. The number of fused-ring (bicyclic) bond motifs is 2. The third-order valence-corrected chi connectivity index (χ3v) is 8.65. The van der Waals surface area contributed by atoms with E-state index in [0.29, 0.717) is 25.0 Å². The van der Waals surface area contributed by atoms with Crippen molar-refractivity contribution in [2.24, 2.45) is 46.3 Å². The van der Waals surface area contributed by atoms with Gasteiger partial charge >= 0.3 is 5.97 Å². The Morgan fingerprint density at radius 1 is 1.33 bits per heavy atom. The summed E-state index contributed by atoms with van der Waals surface area (Å²) in [5.41, 5.74) is 0.549. The number of hydrogen-bond donors (Lipinski definition) is 1. The second-order valence-corrected chi connectivity index (χ2v) is 9.90. The monoisotopic (exact) mass is 374 g/mol. The second-order valence-electron chi connectivity index (χ2n) is 9.90. The maximum absolute atomic E-state index is 13.0. The molecule has 0 radical (unpaired) electrons. The highest BCUT2D eigenvalue weighted by Crippen LogP contribution is 2.79. The molecular weight excluding hydrogens is 340 g/mol. The highest BCUT2D eigenvalue weighted by atomic mass is 16.5. The van der Waals surface area contributed by atoms with Gasteiger partial charge in [0.1, 0.15) is 11.7 Å². The van der Waals surface area contributed by atoms with Crippen molar-refractivity contribution < 1.29 is 19.4 Å². The van der Waals surface area contributed by atoms with Gasteiger partial charge in [0, 0.05) is 12.0 Å². The Bertz CT molecular complexity index is 680. The third-order valence-electron chi connectivity index (χ3n) is 8.65. The smallest absolute Gasteiger partial charge is 0.315 e. The molecule has 0 aliphatic heterocycles. The minimum absolute atomic E-state index is 0.0691. The van der Waals surface area contributed by atoms with Crippen molar-refractivity contribution in [3.8, 4) is 0 Å². The molecule has 0 amide bonds. The van der Waals surface area contributed by atoms with Gasteiger partial charge < -0.3 is 14.6 Å². The van der Waals surface area contributed by atoms with Gasteiger partial charge in [0.05, 0.1) is 6.61 Å². The van der Waals surface area contributed by atoms with Crippen molar-refractivity contribution in [3.05, 3.63) is 11.1 Å². The molecule has 4 aliphatic rings. The SMILES string of the molecule is CCCOCC1=C(C(C)C)C2(C(=O)O)C3CC4C(C)CCC4C2(C=O)CC13. The van der Waals surface area contributed by atoms with E-state index in [9.17, 15) is 14.7 Å². The molecule has 4 bridgehead atoms. The summed E-state index contributed by atoms with van der Waals surface area (Å²) >= 11 is 0. The number of rotatable bonds is 7. The van der Waals surface area contributed by atoms with E-state index < -0.39 is 16.8 Å². The van der Waals surface area contributed by atoms with Crippen LogP contribution in [-0.4, -0.2) is 30.6 Å². The van der Waals surface area contributed by atoms with Crippen LogP contribution >= 0.6 is 0 Å². The van der Waals surface area contributed by atoms with E-state index in [4.69, 9.17) is 4.74 Å². The standard InChI is InChI=1S/C23H34O4/c1-5-8-27-11-17-16-10-22(12-24)18-7-6-14(4)15(18)9-19(16)23(22,21(25)26)20(17)13(2)3/h12-16,18-19H,5-11H2,1-4H3,(H,25,26). The summed E-state index contributed by atoms with van der Waals surface area (Å²) in [7, 11) is 0. The zero-order valence-corrected chi connectivity index (χ0v) is 17.2. The zero-order valence-electron chi connectivity index (χ0n) is 17.2. The number of carbonyl (C=O) groups excluding carboxylic acids is 1. The Hall–Kier alpha value is -1.16. The first-order chi connectivity index (χ1) is 12.9. The van der Waals surface area contributed by atoms with Crippen LogP contribution in [0.25, 0.3) is 0 Å². The highest BCUT2D eigenvalue weighted by molar-refractivity contribution is 5.90. The summed E-state index contributed by atoms with van der Waals surface area (Å²) in [5.74, 6) is 0.982. The van der Waals surface area contributed by atoms with Gasteiger partial charge in [-0.3, -0.25) is 4.79 Å². The molecule has 0 heterocycles. The Kier molecular flexibility index (Phi) is 4.57. The molecule has 4 rings (SSSR count). The Morgan fingerprint density at radius 2 is 2.07 bits per heavy atom. The average Bonchev–Trinajstić information content (AvgIpc) is 3.19. The van der Waals surface area contributed by atoms with Crippen LogP contribution in [0.1, 0.15) is 59.8 Å². The van der Waals surface area contributed by atoms with Gasteiger partial charge in [-0.25, -0.2) is 0 Å². The minimum atomic E-state index is -0.996. The van der Waals surface area contributed by atoms with Gasteiger partial charge in [0.15, 0.2) is 0 Å². The predicted molar refractivity (Wildman–Crippen MR) is 103 cm³/mol. The first-order valence-electron chi connectivity index (χ1n) is 10.9. The van der Waals surface area contributed by atoms with Crippen LogP contribution in [0.15, 0.2) is 11.1 Å². The van der Waals surface area contributed by atoms with Crippen LogP contribution in [0.3, 0.4) is 0 Å². The van der Waals surface area contributed by atoms with Crippen LogP contribution in [0.5, 0.6) is 0 Å². The quantitative estimate of drug-likeness (QED) is 0.409. The zero-order chi connectivity index (χ0) is 19.6. The molecule has 3 fully saturated rings. The molecule has 4 aliphatic carbocycles. The van der Waals surface area contributed by atoms with Crippen LogP contribution in [0.4, 0.5) is 0 Å². The van der Waals surface area contributed by atoms with Crippen LogP contribution in [-0.2, 0) is 14.3 Å². The van der Waals surface area contributed by atoms with Crippen molar-refractivity contribution in [2.75, 3.05) is 13.2 Å². The van der Waals surface area contributed by atoms with Crippen LogP contribution in [0.2, 0.25) is 0 Å². The molecule has 0 aromatic rings.